The van der Waals surface area contributed by atoms with Gasteiger partial charge in [-0.25, -0.2) is 4.98 Å². The molecule has 0 atom stereocenters. The number of nitrogens with two attached hydrogens (primary N) is 1. The maximum atomic E-state index is 5.66. The van der Waals surface area contributed by atoms with E-state index in [9.17, 15) is 0 Å². The lowest BCUT2D eigenvalue weighted by atomic mass is 10.2. The normalized spacial score (nSPS) is 10.5. The first-order chi connectivity index (χ1) is 8.31. The average Bonchev–Trinajstić information content (AvgIpc) is 2.76. The second kappa shape index (κ2) is 5.50. The maximum absolute atomic E-state index is 5.66. The topological polar surface area (TPSA) is 47.1 Å². The van der Waals surface area contributed by atoms with E-state index in [1.165, 1.54) is 5.56 Å². The molecule has 2 N–H and O–H groups in total. The van der Waals surface area contributed by atoms with Gasteiger partial charge in [0.15, 0.2) is 0 Å². The average molecular weight is 230 g/mol. The summed E-state index contributed by atoms with van der Waals surface area (Å²) in [5, 5.41) is 0. The number of rotatable bonds is 5. The van der Waals surface area contributed by atoms with Crippen molar-refractivity contribution in [3.05, 3.63) is 48.3 Å². The van der Waals surface area contributed by atoms with Crippen LogP contribution in [-0.4, -0.2) is 22.6 Å². The Balaban J connectivity index is 2.16. The number of hydrogen-bond acceptors (Lipinski definition) is 3. The lowest BCUT2D eigenvalue weighted by Gasteiger charge is -2.23. The van der Waals surface area contributed by atoms with Crippen molar-refractivity contribution in [1.29, 1.82) is 0 Å². The number of nitrogens with zero attached hydrogens (tertiary/aromatic N) is 3. The zero-order chi connectivity index (χ0) is 12.1. The molecule has 0 radical (unpaired) electrons. The fraction of sp³-hybridized carbons (Fsp3) is 0.308. The first-order valence-electron chi connectivity index (χ1n) is 5.77. The van der Waals surface area contributed by atoms with E-state index in [2.05, 4.69) is 22.0 Å². The molecule has 0 aliphatic rings. The van der Waals surface area contributed by atoms with Crippen LogP contribution in [0.5, 0.6) is 0 Å². The molecule has 0 saturated carbocycles. The minimum Gasteiger partial charge on any atom is -0.337 e. The lowest BCUT2D eigenvalue weighted by Crippen LogP contribution is -2.30. The van der Waals surface area contributed by atoms with E-state index in [0.29, 0.717) is 6.54 Å². The van der Waals surface area contributed by atoms with Gasteiger partial charge in [-0.15, -0.1) is 0 Å². The molecule has 0 saturated heterocycles. The third kappa shape index (κ3) is 2.85. The van der Waals surface area contributed by atoms with Gasteiger partial charge in [0.1, 0.15) is 0 Å². The van der Waals surface area contributed by atoms with Crippen LogP contribution >= 0.6 is 0 Å². The van der Waals surface area contributed by atoms with Gasteiger partial charge >= 0.3 is 0 Å². The molecule has 1 heterocycles. The van der Waals surface area contributed by atoms with Crippen molar-refractivity contribution in [2.45, 2.75) is 6.54 Å². The second-order valence-corrected chi connectivity index (χ2v) is 4.03. The fourth-order valence-electron chi connectivity index (χ4n) is 1.87. The van der Waals surface area contributed by atoms with Crippen molar-refractivity contribution in [3.8, 4) is 0 Å². The van der Waals surface area contributed by atoms with Crippen molar-refractivity contribution < 1.29 is 0 Å². The molecule has 0 unspecified atom stereocenters. The van der Waals surface area contributed by atoms with Gasteiger partial charge in [0.05, 0.1) is 0 Å². The smallest absolute Gasteiger partial charge is 0.205 e. The number of anilines is 1. The summed E-state index contributed by atoms with van der Waals surface area (Å²) in [6, 6.07) is 10.4. The first-order valence-corrected chi connectivity index (χ1v) is 5.77. The van der Waals surface area contributed by atoms with Crippen LogP contribution in [0.15, 0.2) is 42.7 Å². The largest absolute Gasteiger partial charge is 0.337 e. The monoisotopic (exact) mass is 230 g/mol. The molecule has 4 nitrogen and oxygen atoms in total. The number of aromatic nitrogens is 2. The lowest BCUT2D eigenvalue weighted by molar-refractivity contribution is 0.730. The van der Waals surface area contributed by atoms with Crippen LogP contribution in [0.3, 0.4) is 0 Å². The summed E-state index contributed by atoms with van der Waals surface area (Å²) in [7, 11) is 2.00. The summed E-state index contributed by atoms with van der Waals surface area (Å²) in [4.78, 5) is 6.55. The van der Waals surface area contributed by atoms with Crippen molar-refractivity contribution in [3.63, 3.8) is 0 Å². The Morgan fingerprint density at radius 3 is 2.65 bits per heavy atom. The van der Waals surface area contributed by atoms with Crippen LogP contribution in [-0.2, 0) is 13.6 Å². The van der Waals surface area contributed by atoms with Crippen molar-refractivity contribution in [2.75, 3.05) is 18.0 Å². The van der Waals surface area contributed by atoms with Crippen molar-refractivity contribution in [1.82, 2.24) is 9.55 Å². The van der Waals surface area contributed by atoms with E-state index >= 15 is 0 Å². The molecule has 1 aromatic heterocycles. The first kappa shape index (κ1) is 11.7. The summed E-state index contributed by atoms with van der Waals surface area (Å²) in [6.07, 6.45) is 3.76. The predicted molar refractivity (Wildman–Crippen MR) is 69.8 cm³/mol. The molecule has 0 amide bonds. The second-order valence-electron chi connectivity index (χ2n) is 4.03. The van der Waals surface area contributed by atoms with Gasteiger partial charge < -0.3 is 15.2 Å². The Labute approximate surface area is 102 Å². The van der Waals surface area contributed by atoms with Gasteiger partial charge in [-0.1, -0.05) is 30.3 Å². The van der Waals surface area contributed by atoms with E-state index in [0.717, 1.165) is 19.0 Å². The predicted octanol–water partition coefficient (Wildman–Crippen LogP) is 1.39. The van der Waals surface area contributed by atoms with Gasteiger partial charge in [0.25, 0.3) is 0 Å². The fourth-order valence-corrected chi connectivity index (χ4v) is 1.87. The molecule has 0 aliphatic carbocycles. The van der Waals surface area contributed by atoms with Crippen molar-refractivity contribution in [2.24, 2.45) is 12.8 Å². The SMILES string of the molecule is Cn1ccnc1N(CCN)Cc1ccccc1. The molecule has 17 heavy (non-hydrogen) atoms. The maximum Gasteiger partial charge on any atom is 0.205 e. The molecule has 4 heteroatoms. The van der Waals surface area contributed by atoms with Crippen LogP contribution in [0.1, 0.15) is 5.56 Å². The van der Waals surface area contributed by atoms with Gasteiger partial charge in [-0.05, 0) is 5.56 Å². The summed E-state index contributed by atoms with van der Waals surface area (Å²) in [5.41, 5.74) is 6.93. The van der Waals surface area contributed by atoms with E-state index in [1.807, 2.05) is 42.2 Å². The molecule has 90 valence electrons. The Morgan fingerprint density at radius 1 is 1.29 bits per heavy atom. The van der Waals surface area contributed by atoms with Crippen LogP contribution in [0.25, 0.3) is 0 Å². The molecule has 1 aromatic carbocycles. The van der Waals surface area contributed by atoms with E-state index < -0.39 is 0 Å². The summed E-state index contributed by atoms with van der Waals surface area (Å²) < 4.78 is 2.01. The molecular formula is C13H18N4. The number of imidazole rings is 1. The van der Waals surface area contributed by atoms with Crippen LogP contribution < -0.4 is 10.6 Å². The van der Waals surface area contributed by atoms with Crippen LogP contribution in [0.4, 0.5) is 5.95 Å². The highest BCUT2D eigenvalue weighted by molar-refractivity contribution is 5.33. The number of benzene rings is 1. The van der Waals surface area contributed by atoms with Gasteiger partial charge in [-0.3, -0.25) is 0 Å². The highest BCUT2D eigenvalue weighted by Crippen LogP contribution is 2.13. The number of hydrogen-bond donors (Lipinski definition) is 1. The molecule has 2 aromatic rings. The summed E-state index contributed by atoms with van der Waals surface area (Å²) in [6.45, 7) is 2.27. The Hall–Kier alpha value is -1.81. The highest BCUT2D eigenvalue weighted by atomic mass is 15.3. The summed E-state index contributed by atoms with van der Waals surface area (Å²) in [5.74, 6) is 0.958. The highest BCUT2D eigenvalue weighted by Gasteiger charge is 2.10. The minimum atomic E-state index is 0.625. The van der Waals surface area contributed by atoms with E-state index in [4.69, 9.17) is 5.73 Å². The molecule has 2 rings (SSSR count). The Bertz CT molecular complexity index is 449. The Kier molecular flexibility index (Phi) is 3.77. The van der Waals surface area contributed by atoms with Gasteiger partial charge in [-0.2, -0.15) is 0 Å². The molecular weight excluding hydrogens is 212 g/mol. The molecule has 0 spiro atoms. The number of aryl methyl sites for hydroxylation is 1. The molecule has 0 bridgehead atoms. The summed E-state index contributed by atoms with van der Waals surface area (Å²) >= 11 is 0. The van der Waals surface area contributed by atoms with Gasteiger partial charge in [0, 0.05) is 39.1 Å². The van der Waals surface area contributed by atoms with Crippen LogP contribution in [0, 0.1) is 0 Å². The standard InChI is InChI=1S/C13H18N4/c1-16-10-8-15-13(16)17(9-7-14)11-12-5-3-2-4-6-12/h2-6,8,10H,7,9,11,14H2,1H3. The third-order valence-electron chi connectivity index (χ3n) is 2.69. The zero-order valence-electron chi connectivity index (χ0n) is 10.1. The Morgan fingerprint density at radius 2 is 2.06 bits per heavy atom. The van der Waals surface area contributed by atoms with Gasteiger partial charge in [0.2, 0.25) is 5.95 Å². The van der Waals surface area contributed by atoms with E-state index in [1.54, 1.807) is 0 Å². The van der Waals surface area contributed by atoms with Crippen LogP contribution in [0.2, 0.25) is 0 Å². The van der Waals surface area contributed by atoms with E-state index in [-0.39, 0.29) is 0 Å². The molecule has 0 fully saturated rings. The quantitative estimate of drug-likeness (QED) is 0.844. The third-order valence-corrected chi connectivity index (χ3v) is 2.69. The van der Waals surface area contributed by atoms with Crippen molar-refractivity contribution >= 4 is 5.95 Å². The minimum absolute atomic E-state index is 0.625. The zero-order valence-corrected chi connectivity index (χ0v) is 10.1. The molecule has 0 aliphatic heterocycles.